The van der Waals surface area contributed by atoms with Crippen LogP contribution in [0.15, 0.2) is 47.8 Å². The van der Waals surface area contributed by atoms with Crippen molar-refractivity contribution in [1.82, 2.24) is 0 Å². The molecule has 4 nitrogen and oxygen atoms in total. The van der Waals surface area contributed by atoms with E-state index in [0.29, 0.717) is 17.7 Å². The number of hydrogen-bond donors (Lipinski definition) is 0. The van der Waals surface area contributed by atoms with Gasteiger partial charge in [-0.1, -0.05) is 29.8 Å². The minimum atomic E-state index is -4.79. The lowest BCUT2D eigenvalue weighted by Gasteiger charge is -2.13. The van der Waals surface area contributed by atoms with Crippen molar-refractivity contribution in [3.63, 3.8) is 0 Å². The minimum Gasteiger partial charge on any atom is -0.226 e. The van der Waals surface area contributed by atoms with Crippen LogP contribution in [-0.4, -0.2) is 0 Å². The lowest BCUT2D eigenvalue weighted by atomic mass is 9.93. The number of allylic oxidation sites excluding steroid dienone is 2. The highest BCUT2D eigenvalue weighted by Crippen LogP contribution is 2.57. The molecule has 0 aliphatic heterocycles. The molecule has 176 valence electrons. The Morgan fingerprint density at radius 1 is 0.730 bits per heavy atom. The lowest BCUT2D eigenvalue weighted by Crippen LogP contribution is -2.05. The summed E-state index contributed by atoms with van der Waals surface area (Å²) in [5.74, 6) is -2.13. The molecule has 0 saturated heterocycles. The van der Waals surface area contributed by atoms with E-state index >= 15 is 8.78 Å². The normalized spacial score (nSPS) is 15.3. The number of nitriles is 2. The van der Waals surface area contributed by atoms with E-state index in [1.165, 1.54) is 6.07 Å². The molecular formula is C28H9F5N4. The van der Waals surface area contributed by atoms with Gasteiger partial charge in [0, 0.05) is 33.4 Å². The van der Waals surface area contributed by atoms with Gasteiger partial charge in [0.15, 0.2) is 0 Å². The second-order valence-electron chi connectivity index (χ2n) is 8.33. The van der Waals surface area contributed by atoms with Gasteiger partial charge >= 0.3 is 6.18 Å². The first-order chi connectivity index (χ1) is 17.6. The summed E-state index contributed by atoms with van der Waals surface area (Å²) in [6, 6.07) is 10.3. The average molecular weight is 496 g/mol. The summed E-state index contributed by atoms with van der Waals surface area (Å²) in [5, 5.41) is 19.1. The Hall–Kier alpha value is -5.25. The first-order valence-electron chi connectivity index (χ1n) is 10.5. The molecule has 0 atom stereocenters. The minimum absolute atomic E-state index is 0.123. The monoisotopic (exact) mass is 496 g/mol. The zero-order chi connectivity index (χ0) is 26.8. The highest BCUT2D eigenvalue weighted by Gasteiger charge is 2.42. The van der Waals surface area contributed by atoms with Crippen LogP contribution in [0, 0.1) is 54.4 Å². The van der Waals surface area contributed by atoms with Gasteiger partial charge in [0.2, 0.25) is 0 Å². The van der Waals surface area contributed by atoms with Gasteiger partial charge in [-0.2, -0.15) is 13.2 Å². The van der Waals surface area contributed by atoms with Crippen LogP contribution < -0.4 is 0 Å². The number of rotatable bonds is 0. The van der Waals surface area contributed by atoms with E-state index in [2.05, 4.69) is 9.69 Å². The average Bonchev–Trinajstić information content (AvgIpc) is 3.38. The number of aryl methyl sites for hydroxylation is 1. The fourth-order valence-corrected chi connectivity index (χ4v) is 4.93. The maximum absolute atomic E-state index is 16.4. The van der Waals surface area contributed by atoms with Gasteiger partial charge in [0.1, 0.15) is 11.6 Å². The number of halogens is 5. The number of alkyl halides is 3. The molecule has 9 heteroatoms. The third-order valence-corrected chi connectivity index (χ3v) is 6.39. The second-order valence-corrected chi connectivity index (χ2v) is 8.33. The van der Waals surface area contributed by atoms with Crippen LogP contribution in [0.4, 0.5) is 22.0 Å². The highest BCUT2D eigenvalue weighted by atomic mass is 19.4. The molecule has 0 saturated carbocycles. The van der Waals surface area contributed by atoms with E-state index in [9.17, 15) is 23.7 Å². The van der Waals surface area contributed by atoms with Crippen molar-refractivity contribution in [2.75, 3.05) is 0 Å². The molecule has 0 spiro atoms. The molecule has 0 radical (unpaired) electrons. The number of benzene rings is 3. The SMILES string of the molecule is [C-]#[N+]/C(C#N)=C1/c2cc(C(F)(F)F)ccc2-c2c(F)c3c(c(F)c21)-c1ccc(C)cc1/C3=C(/C#N)[N+]#[C-]. The Morgan fingerprint density at radius 3 is 1.62 bits per heavy atom. The maximum Gasteiger partial charge on any atom is 0.416 e. The molecule has 3 aromatic carbocycles. The fourth-order valence-electron chi connectivity index (χ4n) is 4.93. The Kier molecular flexibility index (Phi) is 5.01. The van der Waals surface area contributed by atoms with Crippen molar-refractivity contribution in [1.29, 1.82) is 10.5 Å². The first-order valence-corrected chi connectivity index (χ1v) is 10.5. The number of hydrogen-bond acceptors (Lipinski definition) is 2. The summed E-state index contributed by atoms with van der Waals surface area (Å²) in [6.45, 7) is 16.5. The summed E-state index contributed by atoms with van der Waals surface area (Å²) in [7, 11) is 0. The van der Waals surface area contributed by atoms with Crippen molar-refractivity contribution in [2.24, 2.45) is 0 Å². The van der Waals surface area contributed by atoms with E-state index in [-0.39, 0.29) is 39.0 Å². The molecule has 0 heterocycles. The third kappa shape index (κ3) is 3.09. The van der Waals surface area contributed by atoms with E-state index in [1.807, 2.05) is 0 Å². The highest BCUT2D eigenvalue weighted by molar-refractivity contribution is 6.11. The van der Waals surface area contributed by atoms with E-state index in [1.54, 1.807) is 31.2 Å². The van der Waals surface area contributed by atoms with E-state index in [0.717, 1.165) is 6.07 Å². The van der Waals surface area contributed by atoms with Crippen molar-refractivity contribution in [2.45, 2.75) is 13.1 Å². The van der Waals surface area contributed by atoms with Crippen molar-refractivity contribution >= 4 is 11.1 Å². The summed E-state index contributed by atoms with van der Waals surface area (Å²) in [4.78, 5) is 6.27. The number of fused-ring (bicyclic) bond motifs is 6. The largest absolute Gasteiger partial charge is 0.416 e. The van der Waals surface area contributed by atoms with E-state index in [4.69, 9.17) is 13.1 Å². The summed E-state index contributed by atoms with van der Waals surface area (Å²) in [6.07, 6.45) is -4.79. The smallest absolute Gasteiger partial charge is 0.226 e. The van der Waals surface area contributed by atoms with Crippen LogP contribution in [-0.2, 0) is 6.18 Å². The van der Waals surface area contributed by atoms with Crippen molar-refractivity contribution in [3.05, 3.63) is 116 Å². The predicted octanol–water partition coefficient (Wildman–Crippen LogP) is 7.66. The van der Waals surface area contributed by atoms with Crippen LogP contribution in [0.1, 0.15) is 33.4 Å². The summed E-state index contributed by atoms with van der Waals surface area (Å²) >= 11 is 0. The molecule has 0 unspecified atom stereocenters. The quantitative estimate of drug-likeness (QED) is 0.126. The molecule has 0 N–H and O–H groups in total. The Bertz CT molecular complexity index is 1800. The summed E-state index contributed by atoms with van der Waals surface area (Å²) in [5.41, 5.74) is -3.77. The fraction of sp³-hybridized carbons (Fsp3) is 0.0714. The number of nitrogens with zero attached hydrogens (tertiary/aromatic N) is 4. The molecule has 2 aliphatic carbocycles. The zero-order valence-corrected chi connectivity index (χ0v) is 18.6. The van der Waals surface area contributed by atoms with Gasteiger partial charge < -0.3 is 0 Å². The van der Waals surface area contributed by atoms with Crippen LogP contribution in [0.5, 0.6) is 0 Å². The molecule has 37 heavy (non-hydrogen) atoms. The zero-order valence-electron chi connectivity index (χ0n) is 18.6. The van der Waals surface area contributed by atoms with Crippen molar-refractivity contribution in [3.8, 4) is 34.4 Å². The second kappa shape index (κ2) is 7.89. The lowest BCUT2D eigenvalue weighted by molar-refractivity contribution is -0.137. The van der Waals surface area contributed by atoms with Gasteiger partial charge in [-0.05, 0) is 41.3 Å². The molecule has 0 fully saturated rings. The standard InChI is InChI=1S/C28H9F5N4/c1-12-4-6-14-16(8-12)20(18(10-34)36-2)24-22(14)26(29)25-21(19(11-35)37-3)17-9-13(28(31,32)33)5-7-15(17)23(25)27(24)30/h4-9H,1H3/b20-18+,21-19-. The molecular weight excluding hydrogens is 487 g/mol. The van der Waals surface area contributed by atoms with Gasteiger partial charge in [0.25, 0.3) is 11.4 Å². The Balaban J connectivity index is 2.02. The molecule has 3 aromatic rings. The van der Waals surface area contributed by atoms with Crippen LogP contribution in [0.2, 0.25) is 0 Å². The van der Waals surface area contributed by atoms with Gasteiger partial charge in [-0.3, -0.25) is 0 Å². The molecule has 0 bridgehead atoms. The van der Waals surface area contributed by atoms with Crippen LogP contribution >= 0.6 is 0 Å². The van der Waals surface area contributed by atoms with Crippen molar-refractivity contribution < 1.29 is 22.0 Å². The van der Waals surface area contributed by atoms with Crippen LogP contribution in [0.3, 0.4) is 0 Å². The van der Waals surface area contributed by atoms with Crippen LogP contribution in [0.25, 0.3) is 43.1 Å². The topological polar surface area (TPSA) is 56.3 Å². The first kappa shape index (κ1) is 23.5. The van der Waals surface area contributed by atoms with Gasteiger partial charge in [0.05, 0.1) is 30.8 Å². The molecule has 2 aliphatic rings. The molecule has 0 aromatic heterocycles. The molecule has 5 rings (SSSR count). The molecule has 0 amide bonds. The van der Waals surface area contributed by atoms with Gasteiger partial charge in [-0.15, -0.1) is 0 Å². The predicted molar refractivity (Wildman–Crippen MR) is 123 cm³/mol. The third-order valence-electron chi connectivity index (χ3n) is 6.39. The van der Waals surface area contributed by atoms with Gasteiger partial charge in [-0.25, -0.2) is 29.0 Å². The van der Waals surface area contributed by atoms with E-state index < -0.39 is 51.5 Å². The Labute approximate surface area is 207 Å². The summed E-state index contributed by atoms with van der Waals surface area (Å²) < 4.78 is 73.4. The Morgan fingerprint density at radius 2 is 1.19 bits per heavy atom. The maximum atomic E-state index is 16.4.